The van der Waals surface area contributed by atoms with Gasteiger partial charge >= 0.3 is 0 Å². The second-order valence-electron chi connectivity index (χ2n) is 8.06. The van der Waals surface area contributed by atoms with E-state index in [1.807, 2.05) is 29.3 Å². The van der Waals surface area contributed by atoms with Crippen molar-refractivity contribution in [1.29, 1.82) is 0 Å². The van der Waals surface area contributed by atoms with Gasteiger partial charge in [-0.05, 0) is 18.9 Å². The van der Waals surface area contributed by atoms with E-state index in [1.54, 1.807) is 16.9 Å². The van der Waals surface area contributed by atoms with Gasteiger partial charge in [0.2, 0.25) is 0 Å². The van der Waals surface area contributed by atoms with Gasteiger partial charge in [-0.25, -0.2) is 9.50 Å². The van der Waals surface area contributed by atoms with Gasteiger partial charge in [0.25, 0.3) is 0 Å². The lowest BCUT2D eigenvalue weighted by Crippen LogP contribution is -2.48. The van der Waals surface area contributed by atoms with Gasteiger partial charge in [0.05, 0.1) is 73.3 Å². The Morgan fingerprint density at radius 1 is 1.32 bits per heavy atom. The van der Waals surface area contributed by atoms with Crippen LogP contribution < -0.4 is 5.73 Å². The highest BCUT2D eigenvalue weighted by Crippen LogP contribution is 2.28. The summed E-state index contributed by atoms with van der Waals surface area (Å²) < 4.78 is 9.03. The molecule has 0 aliphatic carbocycles. The minimum Gasteiger partial charge on any atom is -0.404 e. The number of hydrogen-bond acceptors (Lipinski definition) is 7. The van der Waals surface area contributed by atoms with Crippen LogP contribution in [-0.2, 0) is 4.74 Å². The van der Waals surface area contributed by atoms with Gasteiger partial charge in [-0.15, -0.1) is 0 Å². The van der Waals surface area contributed by atoms with Crippen molar-refractivity contribution < 1.29 is 9.84 Å². The Bertz CT molecular complexity index is 1080. The van der Waals surface area contributed by atoms with Crippen LogP contribution in [0.25, 0.3) is 22.3 Å². The van der Waals surface area contributed by atoms with Gasteiger partial charge in [0.15, 0.2) is 0 Å². The molecule has 9 heteroatoms. The van der Waals surface area contributed by atoms with Crippen molar-refractivity contribution in [1.82, 2.24) is 24.4 Å². The predicted molar refractivity (Wildman–Crippen MR) is 120 cm³/mol. The summed E-state index contributed by atoms with van der Waals surface area (Å²) in [7, 11) is 0. The maximum Gasteiger partial charge on any atom is 0.0999 e. The molecule has 3 N–H and O–H groups in total. The summed E-state index contributed by atoms with van der Waals surface area (Å²) in [6.45, 7) is 5.89. The molecule has 0 spiro atoms. The van der Waals surface area contributed by atoms with E-state index >= 15 is 0 Å². The van der Waals surface area contributed by atoms with Crippen molar-refractivity contribution in [2.24, 2.45) is 16.1 Å². The van der Waals surface area contributed by atoms with Gasteiger partial charge in [0, 0.05) is 29.7 Å². The first kappa shape index (κ1) is 21.2. The number of fused-ring (bicyclic) bond motifs is 1. The SMILES string of the molecule is CCC(CC)n1cc(-c2nc(C(C=NCC3(CO)COC3)=CN)cn3nccc23)cn1. The smallest absolute Gasteiger partial charge is 0.0999 e. The number of ether oxygens (including phenoxy) is 1. The van der Waals surface area contributed by atoms with Crippen molar-refractivity contribution in [2.75, 3.05) is 26.4 Å². The molecule has 0 radical (unpaired) electrons. The van der Waals surface area contributed by atoms with E-state index < -0.39 is 0 Å². The lowest BCUT2D eigenvalue weighted by molar-refractivity contribution is -0.129. The van der Waals surface area contributed by atoms with E-state index in [-0.39, 0.29) is 12.0 Å². The zero-order valence-electron chi connectivity index (χ0n) is 18.0. The summed E-state index contributed by atoms with van der Waals surface area (Å²) in [4.78, 5) is 9.38. The molecule has 0 bridgehead atoms. The standard InChI is InChI=1S/C22H29N7O2/c1-3-18(4-2)28-10-17(9-26-28)21-20-5-6-25-29(20)11-19(27-21)16(7-23)8-24-12-22(13-30)14-31-15-22/h5-11,18,30H,3-4,12-15,23H2,1-2H3. The fourth-order valence-corrected chi connectivity index (χ4v) is 3.76. The topological polar surface area (TPSA) is 116 Å². The molecular formula is C22H29N7O2. The molecular weight excluding hydrogens is 394 g/mol. The molecule has 0 atom stereocenters. The minimum atomic E-state index is -0.287. The number of aliphatic hydroxyl groups is 1. The van der Waals surface area contributed by atoms with E-state index in [4.69, 9.17) is 15.5 Å². The van der Waals surface area contributed by atoms with Crippen LogP contribution in [0.3, 0.4) is 0 Å². The molecule has 0 unspecified atom stereocenters. The molecule has 1 fully saturated rings. The Kier molecular flexibility index (Phi) is 6.15. The number of rotatable bonds is 9. The molecule has 4 heterocycles. The van der Waals surface area contributed by atoms with Crippen LogP contribution >= 0.6 is 0 Å². The van der Waals surface area contributed by atoms with Gasteiger partial charge in [0.1, 0.15) is 0 Å². The van der Waals surface area contributed by atoms with Crippen LogP contribution in [0.2, 0.25) is 0 Å². The number of nitrogens with two attached hydrogens (primary N) is 1. The molecule has 31 heavy (non-hydrogen) atoms. The van der Waals surface area contributed by atoms with Crippen LogP contribution in [-0.4, -0.2) is 62.1 Å². The molecule has 1 aliphatic heterocycles. The van der Waals surface area contributed by atoms with Gasteiger partial charge in [-0.1, -0.05) is 13.8 Å². The Labute approximate surface area is 181 Å². The molecule has 164 valence electrons. The summed E-state index contributed by atoms with van der Waals surface area (Å²) in [5.74, 6) is 0. The minimum absolute atomic E-state index is 0.0498. The zero-order valence-corrected chi connectivity index (χ0v) is 18.0. The van der Waals surface area contributed by atoms with Crippen LogP contribution in [0.15, 0.2) is 42.0 Å². The molecule has 9 nitrogen and oxygen atoms in total. The van der Waals surface area contributed by atoms with Crippen molar-refractivity contribution in [3.63, 3.8) is 0 Å². The lowest BCUT2D eigenvalue weighted by atomic mass is 9.87. The first-order valence-corrected chi connectivity index (χ1v) is 10.6. The van der Waals surface area contributed by atoms with E-state index in [0.717, 1.165) is 29.6 Å². The molecule has 4 rings (SSSR count). The predicted octanol–water partition coefficient (Wildman–Crippen LogP) is 2.33. The molecule has 3 aromatic rings. The summed E-state index contributed by atoms with van der Waals surface area (Å²) in [5, 5.41) is 18.6. The van der Waals surface area contributed by atoms with E-state index in [9.17, 15) is 5.11 Å². The first-order chi connectivity index (χ1) is 15.1. The van der Waals surface area contributed by atoms with Gasteiger partial charge < -0.3 is 15.6 Å². The Morgan fingerprint density at radius 2 is 2.13 bits per heavy atom. The third-order valence-electron chi connectivity index (χ3n) is 5.87. The average Bonchev–Trinajstić information content (AvgIpc) is 3.43. The monoisotopic (exact) mass is 423 g/mol. The van der Waals surface area contributed by atoms with E-state index in [0.29, 0.717) is 37.1 Å². The summed E-state index contributed by atoms with van der Waals surface area (Å²) in [6.07, 6.45) is 12.7. The molecule has 1 aliphatic rings. The largest absolute Gasteiger partial charge is 0.404 e. The first-order valence-electron chi connectivity index (χ1n) is 10.6. The lowest BCUT2D eigenvalue weighted by Gasteiger charge is -2.38. The molecule has 3 aromatic heterocycles. The summed E-state index contributed by atoms with van der Waals surface area (Å²) in [6, 6.07) is 2.29. The molecule has 0 saturated carbocycles. The van der Waals surface area contributed by atoms with Gasteiger partial charge in [-0.2, -0.15) is 10.2 Å². The van der Waals surface area contributed by atoms with Crippen LogP contribution in [0.5, 0.6) is 0 Å². The third kappa shape index (κ3) is 4.11. The van der Waals surface area contributed by atoms with E-state index in [2.05, 4.69) is 29.0 Å². The van der Waals surface area contributed by atoms with Crippen molar-refractivity contribution in [3.05, 3.63) is 42.7 Å². The fraction of sp³-hybridized carbons (Fsp3) is 0.455. The van der Waals surface area contributed by atoms with Crippen molar-refractivity contribution in [3.8, 4) is 11.3 Å². The summed E-state index contributed by atoms with van der Waals surface area (Å²) in [5.41, 5.74) is 9.58. The number of allylic oxidation sites excluding steroid dienone is 1. The Balaban J connectivity index is 1.66. The Morgan fingerprint density at radius 3 is 2.77 bits per heavy atom. The van der Waals surface area contributed by atoms with Gasteiger partial charge in [-0.3, -0.25) is 9.67 Å². The number of hydrogen-bond donors (Lipinski definition) is 2. The number of aliphatic hydroxyl groups excluding tert-OH is 1. The third-order valence-corrected chi connectivity index (χ3v) is 5.87. The highest BCUT2D eigenvalue weighted by molar-refractivity contribution is 6.09. The molecule has 0 aromatic carbocycles. The van der Waals surface area contributed by atoms with Crippen LogP contribution in [0, 0.1) is 5.41 Å². The normalized spacial score (nSPS) is 16.5. The van der Waals surface area contributed by atoms with Crippen LogP contribution in [0.4, 0.5) is 0 Å². The quantitative estimate of drug-likeness (QED) is 0.510. The van der Waals surface area contributed by atoms with E-state index in [1.165, 1.54) is 6.20 Å². The van der Waals surface area contributed by atoms with Crippen molar-refractivity contribution in [2.45, 2.75) is 32.7 Å². The summed E-state index contributed by atoms with van der Waals surface area (Å²) >= 11 is 0. The van der Waals surface area contributed by atoms with Crippen molar-refractivity contribution >= 4 is 17.3 Å². The Hall–Kier alpha value is -3.04. The van der Waals surface area contributed by atoms with Crippen LogP contribution in [0.1, 0.15) is 38.4 Å². The highest BCUT2D eigenvalue weighted by Gasteiger charge is 2.37. The number of aromatic nitrogens is 5. The second kappa shape index (κ2) is 8.99. The fourth-order valence-electron chi connectivity index (χ4n) is 3.76. The number of nitrogens with zero attached hydrogens (tertiary/aromatic N) is 6. The maximum absolute atomic E-state index is 9.58. The zero-order chi connectivity index (χ0) is 21.8. The molecule has 1 saturated heterocycles. The molecule has 0 amide bonds. The second-order valence-corrected chi connectivity index (χ2v) is 8.06. The highest BCUT2D eigenvalue weighted by atomic mass is 16.5. The average molecular weight is 424 g/mol. The maximum atomic E-state index is 9.58. The number of aliphatic imine (C=N–C) groups is 1.